The number of nitrogens with zero attached hydrogens (tertiary/aromatic N) is 2. The van der Waals surface area contributed by atoms with Gasteiger partial charge in [0.25, 0.3) is 0 Å². The molecule has 1 aromatic rings. The molecule has 186 valence electrons. The maximum absolute atomic E-state index is 11.5. The number of nitrogens with one attached hydrogen (secondary N) is 2. The fourth-order valence-corrected chi connectivity index (χ4v) is 3.05. The monoisotopic (exact) mass is 474 g/mol. The van der Waals surface area contributed by atoms with Crippen molar-refractivity contribution in [3.8, 4) is 0 Å². The molecule has 0 radical (unpaired) electrons. The average molecular weight is 475 g/mol. The summed E-state index contributed by atoms with van der Waals surface area (Å²) in [6.45, 7) is 24.4. The van der Waals surface area contributed by atoms with Crippen LogP contribution in [0.5, 0.6) is 0 Å². The van der Waals surface area contributed by atoms with Crippen LogP contribution in [0.25, 0.3) is 9.69 Å². The van der Waals surface area contributed by atoms with Crippen LogP contribution in [-0.4, -0.2) is 51.7 Å². The first-order valence-corrected chi connectivity index (χ1v) is 11.3. The van der Waals surface area contributed by atoms with Gasteiger partial charge in [0.1, 0.15) is 13.2 Å². The highest BCUT2D eigenvalue weighted by Gasteiger charge is 2.20. The maximum atomic E-state index is 11.5. The highest BCUT2D eigenvalue weighted by molar-refractivity contribution is 5.80. The molecule has 10 nitrogen and oxygen atoms in total. The minimum atomic E-state index is -0.492. The molecule has 2 N–H and O–H groups in total. The molecular formula is C24H34N4O6. The zero-order valence-electron chi connectivity index (χ0n) is 20.4. The smallest absolute Gasteiger partial charge is 0.407 e. The SMILES string of the molecule is [C-]#[N+]c1c(C)c(COCCOC(=O)NCCC)c(COCCOC(=O)NCCC)c(C)c1[N+]#[C-]. The van der Waals surface area contributed by atoms with E-state index in [1.54, 1.807) is 13.8 Å². The lowest BCUT2D eigenvalue weighted by Gasteiger charge is -2.19. The Kier molecular flexibility index (Phi) is 13.8. The number of carbonyl (C=O) groups excluding carboxylic acids is 2. The summed E-state index contributed by atoms with van der Waals surface area (Å²) in [6.07, 6.45) is 0.650. The number of rotatable bonds is 14. The maximum Gasteiger partial charge on any atom is 0.407 e. The number of ether oxygens (including phenoxy) is 4. The van der Waals surface area contributed by atoms with Crippen molar-refractivity contribution in [1.82, 2.24) is 10.6 Å². The van der Waals surface area contributed by atoms with Gasteiger partial charge in [-0.05, 0) is 24.0 Å². The summed E-state index contributed by atoms with van der Waals surface area (Å²) in [5.74, 6) is 0. The highest BCUT2D eigenvalue weighted by atomic mass is 16.6. The Balaban J connectivity index is 2.79. The first-order valence-electron chi connectivity index (χ1n) is 11.3. The largest absolute Gasteiger partial charge is 0.447 e. The van der Waals surface area contributed by atoms with Crippen molar-refractivity contribution in [1.29, 1.82) is 0 Å². The number of carbonyl (C=O) groups is 2. The van der Waals surface area contributed by atoms with Crippen LogP contribution in [0.1, 0.15) is 48.9 Å². The summed E-state index contributed by atoms with van der Waals surface area (Å²) < 4.78 is 21.5. The highest BCUT2D eigenvalue weighted by Crippen LogP contribution is 2.40. The molecule has 1 rings (SSSR count). The predicted octanol–water partition coefficient (Wildman–Crippen LogP) is 4.71. The standard InChI is InChI=1S/C24H34N4O6/c1-7-9-27-23(29)33-13-11-31-15-19-17(3)21(25-5)22(26-6)18(4)20(19)16-32-12-14-34-24(30)28-10-8-2/h7-16H2,1-4H3,(H,27,29)(H,28,30). The van der Waals surface area contributed by atoms with Gasteiger partial charge < -0.3 is 29.6 Å². The Morgan fingerprint density at radius 2 is 1.12 bits per heavy atom. The Labute approximate surface area is 201 Å². The Bertz CT molecular complexity index is 831. The Morgan fingerprint density at radius 1 is 0.735 bits per heavy atom. The van der Waals surface area contributed by atoms with Crippen molar-refractivity contribution in [3.05, 3.63) is 45.1 Å². The van der Waals surface area contributed by atoms with Gasteiger partial charge >= 0.3 is 12.2 Å². The number of alkyl carbamates (subject to hydrolysis) is 2. The van der Waals surface area contributed by atoms with Crippen LogP contribution in [0.3, 0.4) is 0 Å². The molecule has 0 bridgehead atoms. The molecule has 0 aliphatic carbocycles. The third kappa shape index (κ3) is 9.26. The lowest BCUT2D eigenvalue weighted by atomic mass is 9.94. The third-order valence-electron chi connectivity index (χ3n) is 4.88. The van der Waals surface area contributed by atoms with Gasteiger partial charge in [0, 0.05) is 13.1 Å². The number of hydrogen-bond donors (Lipinski definition) is 2. The minimum absolute atomic E-state index is 0.0899. The fraction of sp³-hybridized carbons (Fsp3) is 0.583. The van der Waals surface area contributed by atoms with Crippen molar-refractivity contribution in [2.75, 3.05) is 39.5 Å². The van der Waals surface area contributed by atoms with Gasteiger partial charge in [-0.1, -0.05) is 38.8 Å². The van der Waals surface area contributed by atoms with E-state index in [2.05, 4.69) is 20.3 Å². The predicted molar refractivity (Wildman–Crippen MR) is 127 cm³/mol. The Hall–Kier alpha value is -3.34. The van der Waals surface area contributed by atoms with Crippen LogP contribution < -0.4 is 10.6 Å². The first kappa shape index (κ1) is 28.7. The quantitative estimate of drug-likeness (QED) is 0.299. The van der Waals surface area contributed by atoms with Gasteiger partial charge in [-0.25, -0.2) is 19.3 Å². The van der Waals surface area contributed by atoms with E-state index in [0.717, 1.165) is 24.0 Å². The minimum Gasteiger partial charge on any atom is -0.447 e. The first-order chi connectivity index (χ1) is 16.4. The van der Waals surface area contributed by atoms with Gasteiger partial charge in [-0.15, -0.1) is 0 Å². The van der Waals surface area contributed by atoms with E-state index in [0.29, 0.717) is 35.6 Å². The van der Waals surface area contributed by atoms with Crippen molar-refractivity contribution in [2.45, 2.75) is 53.8 Å². The summed E-state index contributed by atoms with van der Waals surface area (Å²) in [4.78, 5) is 30.1. The van der Waals surface area contributed by atoms with Crippen molar-refractivity contribution < 1.29 is 28.5 Å². The molecule has 1 aromatic carbocycles. The molecule has 34 heavy (non-hydrogen) atoms. The molecule has 0 saturated heterocycles. The van der Waals surface area contributed by atoms with Crippen LogP contribution in [0, 0.1) is 27.0 Å². The van der Waals surface area contributed by atoms with Crippen LogP contribution >= 0.6 is 0 Å². The van der Waals surface area contributed by atoms with Crippen molar-refractivity contribution >= 4 is 23.6 Å². The van der Waals surface area contributed by atoms with E-state index in [-0.39, 0.29) is 39.6 Å². The van der Waals surface area contributed by atoms with E-state index < -0.39 is 12.2 Å². The zero-order valence-corrected chi connectivity index (χ0v) is 20.4. The lowest BCUT2D eigenvalue weighted by Crippen LogP contribution is -2.26. The number of benzene rings is 1. The van der Waals surface area contributed by atoms with E-state index in [4.69, 9.17) is 32.1 Å². The molecule has 0 atom stereocenters. The zero-order chi connectivity index (χ0) is 25.3. The van der Waals surface area contributed by atoms with Gasteiger partial charge in [0.2, 0.25) is 0 Å². The molecule has 10 heteroatoms. The molecule has 0 unspecified atom stereocenters. The summed E-state index contributed by atoms with van der Waals surface area (Å²) in [5.41, 5.74) is 3.41. The summed E-state index contributed by atoms with van der Waals surface area (Å²) >= 11 is 0. The van der Waals surface area contributed by atoms with Gasteiger partial charge in [-0.3, -0.25) is 0 Å². The van der Waals surface area contributed by atoms with Gasteiger partial charge in [0.05, 0.1) is 39.6 Å². The molecule has 0 spiro atoms. The summed E-state index contributed by atoms with van der Waals surface area (Å²) in [5, 5.41) is 5.23. The average Bonchev–Trinajstić information content (AvgIpc) is 2.83. The second-order valence-electron chi connectivity index (χ2n) is 7.36. The Morgan fingerprint density at radius 3 is 1.44 bits per heavy atom. The normalized spacial score (nSPS) is 10.2. The van der Waals surface area contributed by atoms with Crippen LogP contribution in [0.15, 0.2) is 0 Å². The molecular weight excluding hydrogens is 440 g/mol. The van der Waals surface area contributed by atoms with Crippen LogP contribution in [0.4, 0.5) is 21.0 Å². The molecule has 0 aliphatic heterocycles. The van der Waals surface area contributed by atoms with E-state index in [1.165, 1.54) is 0 Å². The van der Waals surface area contributed by atoms with Gasteiger partial charge in [0.15, 0.2) is 11.4 Å². The summed E-state index contributed by atoms with van der Waals surface area (Å²) in [6, 6.07) is 0. The molecule has 0 aromatic heterocycles. The topological polar surface area (TPSA) is 104 Å². The summed E-state index contributed by atoms with van der Waals surface area (Å²) in [7, 11) is 0. The second kappa shape index (κ2) is 16.3. The van der Waals surface area contributed by atoms with Crippen molar-refractivity contribution in [2.24, 2.45) is 0 Å². The van der Waals surface area contributed by atoms with E-state index in [1.807, 2.05) is 13.8 Å². The van der Waals surface area contributed by atoms with Crippen LogP contribution in [-0.2, 0) is 32.2 Å². The van der Waals surface area contributed by atoms with E-state index >= 15 is 0 Å². The van der Waals surface area contributed by atoms with Gasteiger partial charge in [-0.2, -0.15) is 0 Å². The molecule has 0 heterocycles. The second-order valence-corrected chi connectivity index (χ2v) is 7.36. The molecule has 0 aliphatic rings. The van der Waals surface area contributed by atoms with Crippen molar-refractivity contribution in [3.63, 3.8) is 0 Å². The molecule has 0 fully saturated rings. The van der Waals surface area contributed by atoms with E-state index in [9.17, 15) is 9.59 Å². The number of hydrogen-bond acceptors (Lipinski definition) is 6. The third-order valence-corrected chi connectivity index (χ3v) is 4.88. The molecule has 2 amide bonds. The number of amides is 2. The van der Waals surface area contributed by atoms with Crippen LogP contribution in [0.2, 0.25) is 0 Å². The fourth-order valence-electron chi connectivity index (χ4n) is 3.05. The lowest BCUT2D eigenvalue weighted by molar-refractivity contribution is 0.0568. The molecule has 0 saturated carbocycles.